The molecule has 4 aliphatic rings. The maximum atomic E-state index is 11.1. The smallest absolute Gasteiger partial charge is 0.304 e. The highest BCUT2D eigenvalue weighted by Gasteiger charge is 2.59. The SMILES string of the molecule is O=NSC1(CC(=O)O)C2CC3CC(C2)CC1C3. The Morgan fingerprint density at radius 2 is 1.71 bits per heavy atom. The second kappa shape index (κ2) is 3.97. The highest BCUT2D eigenvalue weighted by Crippen LogP contribution is 2.64. The molecular formula is C12H17NO3S. The van der Waals surface area contributed by atoms with Crippen molar-refractivity contribution in [1.29, 1.82) is 0 Å². The van der Waals surface area contributed by atoms with Gasteiger partial charge in [-0.1, -0.05) is 0 Å². The van der Waals surface area contributed by atoms with Gasteiger partial charge in [-0.25, -0.2) is 0 Å². The topological polar surface area (TPSA) is 66.7 Å². The van der Waals surface area contributed by atoms with Crippen molar-refractivity contribution in [3.8, 4) is 0 Å². The largest absolute Gasteiger partial charge is 0.481 e. The van der Waals surface area contributed by atoms with Gasteiger partial charge in [0, 0.05) is 16.5 Å². The maximum absolute atomic E-state index is 11.1. The molecule has 0 radical (unpaired) electrons. The molecule has 4 saturated carbocycles. The molecule has 0 heterocycles. The van der Waals surface area contributed by atoms with E-state index < -0.39 is 5.97 Å². The molecule has 4 rings (SSSR count). The predicted octanol–water partition coefficient (Wildman–Crippen LogP) is 3.07. The first-order chi connectivity index (χ1) is 8.14. The van der Waals surface area contributed by atoms with Gasteiger partial charge < -0.3 is 5.11 Å². The number of carboxylic acids is 1. The van der Waals surface area contributed by atoms with Crippen LogP contribution in [0.5, 0.6) is 0 Å². The molecule has 4 fully saturated rings. The Hall–Kier alpha value is -0.580. The van der Waals surface area contributed by atoms with Gasteiger partial charge in [-0.05, 0) is 55.8 Å². The van der Waals surface area contributed by atoms with E-state index in [0.29, 0.717) is 11.8 Å². The number of aliphatic carboxylic acids is 1. The number of rotatable bonds is 4. The van der Waals surface area contributed by atoms with Gasteiger partial charge in [0.25, 0.3) is 0 Å². The van der Waals surface area contributed by atoms with Gasteiger partial charge in [0.2, 0.25) is 0 Å². The lowest BCUT2D eigenvalue weighted by Crippen LogP contribution is -2.56. The van der Waals surface area contributed by atoms with E-state index in [1.807, 2.05) is 0 Å². The number of carboxylic acid groups (broad SMARTS) is 1. The standard InChI is InChI=1S/C12H17NO3S/c14-11(15)6-12(17-13-16)9-2-7-1-8(4-9)5-10(12)3-7/h7-10H,1-6H2,(H,14,15). The van der Waals surface area contributed by atoms with E-state index in [2.05, 4.69) is 4.58 Å². The van der Waals surface area contributed by atoms with Crippen LogP contribution in [0.2, 0.25) is 0 Å². The third-order valence-corrected chi connectivity index (χ3v) is 6.38. The third-order valence-electron chi connectivity index (χ3n) is 5.15. The molecule has 4 nitrogen and oxygen atoms in total. The number of hydrogen-bond donors (Lipinski definition) is 1. The first kappa shape index (κ1) is 11.5. The molecule has 0 aliphatic heterocycles. The molecule has 4 bridgehead atoms. The Morgan fingerprint density at radius 1 is 1.18 bits per heavy atom. The molecule has 5 heteroatoms. The second-order valence-electron chi connectivity index (χ2n) is 6.00. The number of nitrogens with zero attached hydrogens (tertiary/aromatic N) is 1. The lowest BCUT2D eigenvalue weighted by Gasteiger charge is -2.59. The van der Waals surface area contributed by atoms with Crippen LogP contribution in [0.3, 0.4) is 0 Å². The second-order valence-corrected chi connectivity index (χ2v) is 7.09. The van der Waals surface area contributed by atoms with Crippen LogP contribution in [-0.4, -0.2) is 15.8 Å². The molecule has 0 amide bonds. The van der Waals surface area contributed by atoms with Crippen molar-refractivity contribution < 1.29 is 9.90 Å². The van der Waals surface area contributed by atoms with Gasteiger partial charge in [0.05, 0.1) is 11.2 Å². The molecule has 0 atom stereocenters. The van der Waals surface area contributed by atoms with Crippen molar-refractivity contribution in [2.45, 2.75) is 43.3 Å². The summed E-state index contributed by atoms with van der Waals surface area (Å²) in [4.78, 5) is 21.8. The van der Waals surface area contributed by atoms with Crippen molar-refractivity contribution in [2.24, 2.45) is 28.3 Å². The number of carbonyl (C=O) groups is 1. The third kappa shape index (κ3) is 1.70. The molecule has 17 heavy (non-hydrogen) atoms. The first-order valence-electron chi connectivity index (χ1n) is 6.36. The van der Waals surface area contributed by atoms with Gasteiger partial charge in [0.15, 0.2) is 0 Å². The lowest BCUT2D eigenvalue weighted by atomic mass is 9.51. The summed E-state index contributed by atoms with van der Waals surface area (Å²) in [6.07, 6.45) is 5.89. The first-order valence-corrected chi connectivity index (χ1v) is 7.14. The average molecular weight is 255 g/mol. The highest BCUT2D eigenvalue weighted by atomic mass is 32.2. The summed E-state index contributed by atoms with van der Waals surface area (Å²) in [6, 6.07) is 0. The van der Waals surface area contributed by atoms with Crippen LogP contribution in [0, 0.1) is 28.6 Å². The van der Waals surface area contributed by atoms with Gasteiger partial charge in [0.1, 0.15) is 0 Å². The van der Waals surface area contributed by atoms with Gasteiger partial charge >= 0.3 is 5.97 Å². The maximum Gasteiger partial charge on any atom is 0.304 e. The molecule has 94 valence electrons. The summed E-state index contributed by atoms with van der Waals surface area (Å²) in [5.74, 6) is 1.59. The van der Waals surface area contributed by atoms with E-state index >= 15 is 0 Å². The van der Waals surface area contributed by atoms with E-state index in [1.54, 1.807) is 0 Å². The van der Waals surface area contributed by atoms with Crippen LogP contribution >= 0.6 is 11.9 Å². The normalized spacial score (nSPS) is 47.1. The summed E-state index contributed by atoms with van der Waals surface area (Å²) in [7, 11) is 0. The Balaban J connectivity index is 1.92. The van der Waals surface area contributed by atoms with Crippen LogP contribution in [0.25, 0.3) is 0 Å². The van der Waals surface area contributed by atoms with Crippen molar-refractivity contribution in [3.05, 3.63) is 4.91 Å². The quantitative estimate of drug-likeness (QED) is 0.619. The zero-order valence-corrected chi connectivity index (χ0v) is 10.5. The lowest BCUT2D eigenvalue weighted by molar-refractivity contribution is -0.140. The van der Waals surface area contributed by atoms with Crippen molar-refractivity contribution in [3.63, 3.8) is 0 Å². The molecule has 0 unspecified atom stereocenters. The molecule has 0 aromatic rings. The Morgan fingerprint density at radius 3 is 2.12 bits per heavy atom. The van der Waals surface area contributed by atoms with Gasteiger partial charge in [-0.15, -0.1) is 4.91 Å². The fourth-order valence-corrected chi connectivity index (χ4v) is 5.77. The Bertz CT molecular complexity index is 330. The van der Waals surface area contributed by atoms with Crippen LogP contribution in [0.1, 0.15) is 38.5 Å². The van der Waals surface area contributed by atoms with Crippen molar-refractivity contribution in [2.75, 3.05) is 0 Å². The predicted molar refractivity (Wildman–Crippen MR) is 65.4 cm³/mol. The molecule has 1 N–H and O–H groups in total. The highest BCUT2D eigenvalue weighted by molar-refractivity contribution is 7.99. The summed E-state index contributed by atoms with van der Waals surface area (Å²) in [5, 5.41) is 9.13. The van der Waals surface area contributed by atoms with Crippen LogP contribution < -0.4 is 0 Å². The molecule has 0 aromatic heterocycles. The van der Waals surface area contributed by atoms with E-state index in [9.17, 15) is 9.70 Å². The molecular weight excluding hydrogens is 238 g/mol. The summed E-state index contributed by atoms with van der Waals surface area (Å²) in [5.41, 5.74) is 0. The average Bonchev–Trinajstić information content (AvgIpc) is 2.24. The summed E-state index contributed by atoms with van der Waals surface area (Å²) < 4.78 is 2.62. The zero-order valence-electron chi connectivity index (χ0n) is 9.67. The summed E-state index contributed by atoms with van der Waals surface area (Å²) >= 11 is 1.03. The number of hydrogen-bond acceptors (Lipinski definition) is 4. The molecule has 0 aromatic carbocycles. The van der Waals surface area contributed by atoms with Crippen molar-refractivity contribution >= 4 is 17.9 Å². The van der Waals surface area contributed by atoms with Gasteiger partial charge in [-0.2, -0.15) is 0 Å². The molecule has 4 aliphatic carbocycles. The summed E-state index contributed by atoms with van der Waals surface area (Å²) in [6.45, 7) is 0. The Kier molecular flexibility index (Phi) is 2.69. The monoisotopic (exact) mass is 255 g/mol. The van der Waals surface area contributed by atoms with E-state index in [1.165, 1.54) is 6.42 Å². The van der Waals surface area contributed by atoms with E-state index in [-0.39, 0.29) is 11.2 Å². The minimum Gasteiger partial charge on any atom is -0.481 e. The van der Waals surface area contributed by atoms with Crippen LogP contribution in [0.15, 0.2) is 4.58 Å². The minimum absolute atomic E-state index is 0.109. The fraction of sp³-hybridized carbons (Fsp3) is 0.917. The minimum atomic E-state index is -0.784. The molecule has 0 saturated heterocycles. The van der Waals surface area contributed by atoms with E-state index in [0.717, 1.165) is 49.5 Å². The van der Waals surface area contributed by atoms with Crippen LogP contribution in [-0.2, 0) is 4.79 Å². The van der Waals surface area contributed by atoms with Crippen LogP contribution in [0.4, 0.5) is 0 Å². The number of nitroso groups, excluding NO2 is 1. The molecule has 0 spiro atoms. The van der Waals surface area contributed by atoms with E-state index in [4.69, 9.17) is 5.11 Å². The zero-order chi connectivity index (χ0) is 12.0. The van der Waals surface area contributed by atoms with Crippen molar-refractivity contribution in [1.82, 2.24) is 0 Å². The van der Waals surface area contributed by atoms with Gasteiger partial charge in [-0.3, -0.25) is 4.79 Å². The fourth-order valence-electron chi connectivity index (χ4n) is 4.76. The Labute approximate surface area is 105 Å².